The van der Waals surface area contributed by atoms with Gasteiger partial charge in [0.05, 0.1) is 4.92 Å². The first-order valence-corrected chi connectivity index (χ1v) is 6.82. The predicted octanol–water partition coefficient (Wildman–Crippen LogP) is 2.86. The molecule has 1 aromatic heterocycles. The molecular formula is C16H13NO7. The van der Waals surface area contributed by atoms with Crippen LogP contribution in [0.15, 0.2) is 45.6 Å². The zero-order valence-electron chi connectivity index (χ0n) is 12.6. The highest BCUT2D eigenvalue weighted by molar-refractivity contribution is 5.84. The van der Waals surface area contributed by atoms with Crippen molar-refractivity contribution in [2.45, 2.75) is 13.5 Å². The summed E-state index contributed by atoms with van der Waals surface area (Å²) in [5.74, 6) is -1.99. The highest BCUT2D eigenvalue weighted by Crippen LogP contribution is 2.19. The molecule has 0 atom stereocenters. The minimum atomic E-state index is -1.36. The van der Waals surface area contributed by atoms with Crippen LogP contribution in [-0.4, -0.2) is 16.0 Å². The van der Waals surface area contributed by atoms with Crippen LogP contribution < -0.4 is 10.2 Å². The van der Waals surface area contributed by atoms with Gasteiger partial charge >= 0.3 is 5.97 Å². The van der Waals surface area contributed by atoms with E-state index in [1.807, 2.05) is 0 Å². The molecule has 1 heterocycles. The second kappa shape index (κ2) is 7.23. The van der Waals surface area contributed by atoms with Crippen molar-refractivity contribution in [1.29, 1.82) is 0 Å². The van der Waals surface area contributed by atoms with Crippen LogP contribution in [0.5, 0.6) is 5.75 Å². The number of allylic oxidation sites excluding steroid dienone is 1. The zero-order chi connectivity index (χ0) is 17.7. The van der Waals surface area contributed by atoms with E-state index in [2.05, 4.69) is 0 Å². The van der Waals surface area contributed by atoms with Crippen LogP contribution in [0.3, 0.4) is 0 Å². The Bertz CT molecular complexity index is 850. The van der Waals surface area contributed by atoms with E-state index < -0.39 is 22.1 Å². The zero-order valence-corrected chi connectivity index (χ0v) is 12.6. The Labute approximate surface area is 135 Å². The number of aromatic carboxylic acids is 1. The monoisotopic (exact) mass is 331 g/mol. The van der Waals surface area contributed by atoms with Gasteiger partial charge in [-0.3, -0.25) is 14.9 Å². The van der Waals surface area contributed by atoms with Gasteiger partial charge in [-0.25, -0.2) is 4.79 Å². The first-order chi connectivity index (χ1) is 11.4. The smallest absolute Gasteiger partial charge is 0.371 e. The van der Waals surface area contributed by atoms with Gasteiger partial charge in [0.15, 0.2) is 5.76 Å². The normalized spacial score (nSPS) is 10.7. The summed E-state index contributed by atoms with van der Waals surface area (Å²) in [5.41, 5.74) is -0.0823. The van der Waals surface area contributed by atoms with Crippen molar-refractivity contribution in [3.05, 3.63) is 73.8 Å². The number of non-ortho nitro benzene ring substituents is 1. The van der Waals surface area contributed by atoms with Crippen molar-refractivity contribution in [2.24, 2.45) is 0 Å². The molecule has 0 unspecified atom stereocenters. The van der Waals surface area contributed by atoms with E-state index in [1.54, 1.807) is 13.0 Å². The lowest BCUT2D eigenvalue weighted by molar-refractivity contribution is -0.384. The summed E-state index contributed by atoms with van der Waals surface area (Å²) in [5, 5.41) is 19.5. The van der Waals surface area contributed by atoms with E-state index in [4.69, 9.17) is 14.3 Å². The molecule has 0 bridgehead atoms. The molecule has 0 fully saturated rings. The maximum absolute atomic E-state index is 12.0. The van der Waals surface area contributed by atoms with Gasteiger partial charge in [-0.15, -0.1) is 0 Å². The Kier molecular flexibility index (Phi) is 5.10. The third-order valence-electron chi connectivity index (χ3n) is 2.99. The molecule has 0 aliphatic carbocycles. The molecule has 0 saturated carbocycles. The van der Waals surface area contributed by atoms with E-state index in [0.717, 1.165) is 6.07 Å². The molecule has 124 valence electrons. The Balaban J connectivity index is 2.27. The molecule has 0 amide bonds. The standard InChI is InChI=1S/C16H13NO7/c1-2-3-13-15(12(18)8-14(24-13)16(19)20)23-9-10-4-6-11(7-5-10)17(21)22/h2-8H,9H2,1H3,(H,19,20)/b3-2+. The number of benzene rings is 1. The number of nitro benzene ring substituents is 1. The van der Waals surface area contributed by atoms with Crippen molar-refractivity contribution in [3.8, 4) is 5.75 Å². The quantitative estimate of drug-likeness (QED) is 0.638. The van der Waals surface area contributed by atoms with Crippen molar-refractivity contribution in [2.75, 3.05) is 0 Å². The number of carbonyl (C=O) groups is 1. The van der Waals surface area contributed by atoms with Crippen LogP contribution in [0.4, 0.5) is 5.69 Å². The molecule has 0 saturated heterocycles. The molecule has 24 heavy (non-hydrogen) atoms. The number of hydrogen-bond donors (Lipinski definition) is 1. The maximum Gasteiger partial charge on any atom is 0.371 e. The number of hydrogen-bond acceptors (Lipinski definition) is 6. The minimum Gasteiger partial charge on any atom is -0.481 e. The van der Waals surface area contributed by atoms with E-state index >= 15 is 0 Å². The van der Waals surface area contributed by atoms with E-state index in [-0.39, 0.29) is 23.8 Å². The average molecular weight is 331 g/mol. The molecular weight excluding hydrogens is 318 g/mol. The van der Waals surface area contributed by atoms with Crippen LogP contribution in [0.25, 0.3) is 6.08 Å². The third kappa shape index (κ3) is 3.86. The van der Waals surface area contributed by atoms with E-state index in [1.165, 1.54) is 30.3 Å². The SMILES string of the molecule is C/C=C/c1oc(C(=O)O)cc(=O)c1OCc1ccc([N+](=O)[O-])cc1. The van der Waals surface area contributed by atoms with Gasteiger partial charge in [0.1, 0.15) is 6.61 Å². The van der Waals surface area contributed by atoms with Crippen molar-refractivity contribution in [1.82, 2.24) is 0 Å². The lowest BCUT2D eigenvalue weighted by atomic mass is 10.2. The van der Waals surface area contributed by atoms with Crippen molar-refractivity contribution in [3.63, 3.8) is 0 Å². The van der Waals surface area contributed by atoms with E-state index in [9.17, 15) is 19.7 Å². The largest absolute Gasteiger partial charge is 0.481 e. The summed E-state index contributed by atoms with van der Waals surface area (Å²) in [6.45, 7) is 1.65. The molecule has 1 aromatic carbocycles. The number of carboxylic acid groups (broad SMARTS) is 1. The number of carboxylic acids is 1. The fraction of sp³-hybridized carbons (Fsp3) is 0.125. The molecule has 2 rings (SSSR count). The summed E-state index contributed by atoms with van der Waals surface area (Å²) >= 11 is 0. The Morgan fingerprint density at radius 3 is 2.58 bits per heavy atom. The summed E-state index contributed by atoms with van der Waals surface area (Å²) in [7, 11) is 0. The summed E-state index contributed by atoms with van der Waals surface area (Å²) in [6.07, 6.45) is 2.99. The van der Waals surface area contributed by atoms with Crippen molar-refractivity contribution >= 4 is 17.7 Å². The highest BCUT2D eigenvalue weighted by atomic mass is 16.6. The Morgan fingerprint density at radius 2 is 2.04 bits per heavy atom. The van der Waals surface area contributed by atoms with Crippen LogP contribution in [0.2, 0.25) is 0 Å². The van der Waals surface area contributed by atoms with Gasteiger partial charge < -0.3 is 14.3 Å². The van der Waals surface area contributed by atoms with Gasteiger partial charge in [0, 0.05) is 18.2 Å². The van der Waals surface area contributed by atoms with Gasteiger partial charge in [-0.2, -0.15) is 0 Å². The third-order valence-corrected chi connectivity index (χ3v) is 2.99. The number of nitrogens with zero attached hydrogens (tertiary/aromatic N) is 1. The van der Waals surface area contributed by atoms with Gasteiger partial charge in [0.2, 0.25) is 16.9 Å². The number of nitro groups is 1. The minimum absolute atomic E-state index is 0.00990. The summed E-state index contributed by atoms with van der Waals surface area (Å²) in [4.78, 5) is 33.1. The fourth-order valence-corrected chi connectivity index (χ4v) is 1.88. The molecule has 0 aliphatic heterocycles. The molecule has 1 N–H and O–H groups in total. The van der Waals surface area contributed by atoms with Crippen LogP contribution in [0, 0.1) is 10.1 Å². The number of rotatable bonds is 6. The Hall–Kier alpha value is -3.42. The topological polar surface area (TPSA) is 120 Å². The second-order valence-electron chi connectivity index (χ2n) is 4.69. The molecule has 8 heteroatoms. The summed E-state index contributed by atoms with van der Waals surface area (Å²) in [6, 6.07) is 6.48. The molecule has 0 radical (unpaired) electrons. The first-order valence-electron chi connectivity index (χ1n) is 6.82. The molecule has 0 aliphatic rings. The predicted molar refractivity (Wildman–Crippen MR) is 84.1 cm³/mol. The molecule has 2 aromatic rings. The van der Waals surface area contributed by atoms with Crippen molar-refractivity contribution < 1.29 is 24.0 Å². The maximum atomic E-state index is 12.0. The van der Waals surface area contributed by atoms with Gasteiger partial charge in [-0.1, -0.05) is 6.08 Å². The molecule has 8 nitrogen and oxygen atoms in total. The van der Waals surface area contributed by atoms with Gasteiger partial charge in [0.25, 0.3) is 5.69 Å². The first kappa shape index (κ1) is 16.9. The van der Waals surface area contributed by atoms with Crippen LogP contribution in [0.1, 0.15) is 28.8 Å². The van der Waals surface area contributed by atoms with Crippen LogP contribution >= 0.6 is 0 Å². The number of ether oxygens (including phenoxy) is 1. The lowest BCUT2D eigenvalue weighted by Gasteiger charge is -2.08. The van der Waals surface area contributed by atoms with E-state index in [0.29, 0.717) is 5.56 Å². The highest BCUT2D eigenvalue weighted by Gasteiger charge is 2.16. The van der Waals surface area contributed by atoms with Gasteiger partial charge in [-0.05, 0) is 30.7 Å². The summed E-state index contributed by atoms with van der Waals surface area (Å²) < 4.78 is 10.6. The Morgan fingerprint density at radius 1 is 1.38 bits per heavy atom. The van der Waals surface area contributed by atoms with Crippen LogP contribution in [-0.2, 0) is 6.61 Å². The fourth-order valence-electron chi connectivity index (χ4n) is 1.88. The molecule has 0 spiro atoms. The average Bonchev–Trinajstić information content (AvgIpc) is 2.54. The second-order valence-corrected chi connectivity index (χ2v) is 4.69. The lowest BCUT2D eigenvalue weighted by Crippen LogP contribution is -2.12.